The van der Waals surface area contributed by atoms with Gasteiger partial charge in [0.1, 0.15) is 11.5 Å². The first-order valence-corrected chi connectivity index (χ1v) is 13.7. The number of nitrogens with one attached hydrogen (secondary N) is 2. The molecule has 1 amide bonds. The van der Waals surface area contributed by atoms with Crippen LogP contribution in [0.4, 0.5) is 5.82 Å². The van der Waals surface area contributed by atoms with Crippen LogP contribution in [-0.4, -0.2) is 41.0 Å². The average Bonchev–Trinajstić information content (AvgIpc) is 3.65. The van der Waals surface area contributed by atoms with Crippen LogP contribution < -0.4 is 16.4 Å². The van der Waals surface area contributed by atoms with Crippen molar-refractivity contribution in [3.63, 3.8) is 0 Å². The molecule has 10 nitrogen and oxygen atoms in total. The largest absolute Gasteiger partial charge is 0.310 e. The Bertz CT molecular complexity index is 1590. The molecule has 0 aromatic carbocycles. The number of hydrogen-bond acceptors (Lipinski definition) is 8. The predicted molar refractivity (Wildman–Crippen MR) is 138 cm³/mol. The SMILES string of the molecule is CCc1cc(=O)[nH]c(-n2nc(-c3cccs3)cc2NC(=O)CC2CSc3nc4c(c(=O)n32)CCC4)n1. The Balaban J connectivity index is 1.31. The molecule has 5 heterocycles. The summed E-state index contributed by atoms with van der Waals surface area (Å²) >= 11 is 3.04. The highest BCUT2D eigenvalue weighted by Crippen LogP contribution is 2.34. The summed E-state index contributed by atoms with van der Waals surface area (Å²) in [5.74, 6) is 0.986. The van der Waals surface area contributed by atoms with Crippen molar-refractivity contribution in [2.24, 2.45) is 0 Å². The smallest absolute Gasteiger partial charge is 0.257 e. The van der Waals surface area contributed by atoms with Gasteiger partial charge in [0.25, 0.3) is 11.1 Å². The van der Waals surface area contributed by atoms with Gasteiger partial charge < -0.3 is 5.32 Å². The predicted octanol–water partition coefficient (Wildman–Crippen LogP) is 2.97. The Hall–Kier alpha value is -3.51. The molecule has 0 spiro atoms. The van der Waals surface area contributed by atoms with Crippen molar-refractivity contribution in [2.75, 3.05) is 11.1 Å². The first kappa shape index (κ1) is 22.9. The lowest BCUT2D eigenvalue weighted by Crippen LogP contribution is -2.30. The highest BCUT2D eigenvalue weighted by molar-refractivity contribution is 7.99. The fraction of sp³-hybridized carbons (Fsp3) is 0.333. The minimum atomic E-state index is -0.290. The number of aryl methyl sites for hydroxylation is 2. The summed E-state index contributed by atoms with van der Waals surface area (Å²) in [7, 11) is 0. The van der Waals surface area contributed by atoms with Crippen molar-refractivity contribution in [1.29, 1.82) is 0 Å². The lowest BCUT2D eigenvalue weighted by molar-refractivity contribution is -0.116. The first-order valence-electron chi connectivity index (χ1n) is 11.8. The first-order chi connectivity index (χ1) is 17.5. The molecule has 4 aromatic rings. The fourth-order valence-electron chi connectivity index (χ4n) is 4.66. The Morgan fingerprint density at radius 3 is 2.94 bits per heavy atom. The fourth-order valence-corrected chi connectivity index (χ4v) is 6.50. The van der Waals surface area contributed by atoms with Gasteiger partial charge in [0, 0.05) is 35.6 Å². The molecule has 12 heteroatoms. The third-order valence-corrected chi connectivity index (χ3v) is 8.38. The molecule has 6 rings (SSSR count). The van der Waals surface area contributed by atoms with Crippen molar-refractivity contribution < 1.29 is 4.79 Å². The van der Waals surface area contributed by atoms with E-state index in [2.05, 4.69) is 25.4 Å². The van der Waals surface area contributed by atoms with E-state index >= 15 is 0 Å². The zero-order valence-electron chi connectivity index (χ0n) is 19.5. The molecule has 184 valence electrons. The number of fused-ring (bicyclic) bond motifs is 2. The van der Waals surface area contributed by atoms with Gasteiger partial charge in [-0.3, -0.25) is 23.9 Å². The lowest BCUT2D eigenvalue weighted by Gasteiger charge is -2.15. The Morgan fingerprint density at radius 2 is 2.14 bits per heavy atom. The van der Waals surface area contributed by atoms with Crippen LogP contribution in [0.1, 0.15) is 42.8 Å². The average molecular weight is 522 g/mol. The van der Waals surface area contributed by atoms with Crippen LogP contribution in [0.15, 0.2) is 44.4 Å². The quantitative estimate of drug-likeness (QED) is 0.374. The number of aromatic nitrogens is 6. The van der Waals surface area contributed by atoms with E-state index < -0.39 is 0 Å². The van der Waals surface area contributed by atoms with Crippen molar-refractivity contribution >= 4 is 34.8 Å². The molecule has 0 saturated carbocycles. The van der Waals surface area contributed by atoms with Gasteiger partial charge in [-0.1, -0.05) is 24.8 Å². The van der Waals surface area contributed by atoms with Crippen molar-refractivity contribution in [1.82, 2.24) is 29.3 Å². The molecule has 1 atom stereocenters. The summed E-state index contributed by atoms with van der Waals surface area (Å²) in [6.07, 6.45) is 3.25. The second-order valence-electron chi connectivity index (χ2n) is 8.78. The molecule has 0 radical (unpaired) electrons. The molecule has 4 aromatic heterocycles. The Kier molecular flexibility index (Phi) is 5.84. The van der Waals surface area contributed by atoms with E-state index in [1.54, 1.807) is 10.6 Å². The van der Waals surface area contributed by atoms with Gasteiger partial charge in [-0.2, -0.15) is 9.78 Å². The van der Waals surface area contributed by atoms with Crippen molar-refractivity contribution in [3.05, 3.63) is 67.3 Å². The van der Waals surface area contributed by atoms with E-state index in [0.717, 1.165) is 35.4 Å². The van der Waals surface area contributed by atoms with Gasteiger partial charge in [-0.25, -0.2) is 9.97 Å². The minimum absolute atomic E-state index is 0.0153. The second kappa shape index (κ2) is 9.17. The zero-order valence-corrected chi connectivity index (χ0v) is 21.1. The van der Waals surface area contributed by atoms with Crippen LogP contribution in [0.3, 0.4) is 0 Å². The number of carbonyl (C=O) groups is 1. The summed E-state index contributed by atoms with van der Waals surface area (Å²) in [4.78, 5) is 51.3. The molecule has 1 unspecified atom stereocenters. The summed E-state index contributed by atoms with van der Waals surface area (Å²) < 4.78 is 3.14. The third-order valence-electron chi connectivity index (χ3n) is 6.39. The summed E-state index contributed by atoms with van der Waals surface area (Å²) in [6, 6.07) is 6.80. The van der Waals surface area contributed by atoms with Crippen LogP contribution in [0.5, 0.6) is 0 Å². The van der Waals surface area contributed by atoms with Gasteiger partial charge in [0.2, 0.25) is 11.9 Å². The van der Waals surface area contributed by atoms with E-state index in [9.17, 15) is 14.4 Å². The third kappa shape index (κ3) is 4.09. The molecule has 0 saturated heterocycles. The van der Waals surface area contributed by atoms with Gasteiger partial charge >= 0.3 is 0 Å². The standard InChI is InChI=1S/C24H23N7O3S2/c1-2-13-9-20(32)28-23(25-13)31-19(11-17(29-31)18-7-4-8-35-18)27-21(33)10-14-12-36-24-26-16-6-3-5-15(16)22(34)30(14)24/h4,7-9,11,14H,2-3,5-6,10,12H2,1H3,(H,27,33)(H,25,28,32). The summed E-state index contributed by atoms with van der Waals surface area (Å²) in [5, 5.41) is 10.2. The number of thiophene rings is 1. The molecule has 0 fully saturated rings. The second-order valence-corrected chi connectivity index (χ2v) is 10.7. The number of anilines is 1. The van der Waals surface area contributed by atoms with Crippen molar-refractivity contribution in [2.45, 2.75) is 50.2 Å². The highest BCUT2D eigenvalue weighted by Gasteiger charge is 2.31. The van der Waals surface area contributed by atoms with Crippen LogP contribution >= 0.6 is 23.1 Å². The van der Waals surface area contributed by atoms with E-state index in [0.29, 0.717) is 34.5 Å². The number of thioether (sulfide) groups is 1. The van der Waals surface area contributed by atoms with Crippen LogP contribution in [-0.2, 0) is 24.1 Å². The lowest BCUT2D eigenvalue weighted by atomic mass is 10.2. The summed E-state index contributed by atoms with van der Waals surface area (Å²) in [6.45, 7) is 1.91. The highest BCUT2D eigenvalue weighted by atomic mass is 32.2. The van der Waals surface area contributed by atoms with Gasteiger partial charge in [-0.15, -0.1) is 11.3 Å². The van der Waals surface area contributed by atoms with E-state index in [1.807, 2.05) is 24.4 Å². The molecule has 1 aliphatic carbocycles. The molecule has 36 heavy (non-hydrogen) atoms. The summed E-state index contributed by atoms with van der Waals surface area (Å²) in [5.41, 5.74) is 2.67. The van der Waals surface area contributed by atoms with Crippen LogP contribution in [0, 0.1) is 0 Å². The molecule has 2 N–H and O–H groups in total. The Labute approximate surface area is 213 Å². The van der Waals surface area contributed by atoms with Gasteiger partial charge in [0.15, 0.2) is 5.16 Å². The number of H-pyrrole nitrogens is 1. The maximum Gasteiger partial charge on any atom is 0.257 e. The Morgan fingerprint density at radius 1 is 1.25 bits per heavy atom. The number of hydrogen-bond donors (Lipinski definition) is 2. The topological polar surface area (TPSA) is 128 Å². The minimum Gasteiger partial charge on any atom is -0.310 e. The van der Waals surface area contributed by atoms with E-state index in [1.165, 1.54) is 33.8 Å². The van der Waals surface area contributed by atoms with Crippen LogP contribution in [0.25, 0.3) is 16.5 Å². The zero-order chi connectivity index (χ0) is 24.8. The number of carbonyl (C=O) groups excluding carboxylic acids is 1. The van der Waals surface area contributed by atoms with Gasteiger partial charge in [-0.05, 0) is 37.1 Å². The number of aromatic amines is 1. The molecular formula is C24H23N7O3S2. The van der Waals surface area contributed by atoms with E-state index in [-0.39, 0.29) is 35.4 Å². The van der Waals surface area contributed by atoms with E-state index in [4.69, 9.17) is 0 Å². The normalized spacial score (nSPS) is 16.2. The van der Waals surface area contributed by atoms with Crippen molar-refractivity contribution in [3.8, 4) is 16.5 Å². The van der Waals surface area contributed by atoms with Gasteiger partial charge in [0.05, 0.1) is 16.6 Å². The molecule has 1 aliphatic heterocycles. The molecule has 0 bridgehead atoms. The molecular weight excluding hydrogens is 498 g/mol. The number of rotatable bonds is 6. The number of nitrogens with zero attached hydrogens (tertiary/aromatic N) is 5. The maximum atomic E-state index is 13.2. The number of amides is 1. The van der Waals surface area contributed by atoms with Crippen LogP contribution in [0.2, 0.25) is 0 Å². The molecule has 2 aliphatic rings. The monoisotopic (exact) mass is 521 g/mol. The maximum absolute atomic E-state index is 13.2.